The maximum atomic E-state index is 12.7. The Morgan fingerprint density at radius 1 is 1.31 bits per heavy atom. The molecular formula is C22H30ClN3O3. The van der Waals surface area contributed by atoms with Crippen LogP contribution >= 0.6 is 11.6 Å². The number of nitrogens with one attached hydrogen (secondary N) is 1. The smallest absolute Gasteiger partial charge is 0.233 e. The monoisotopic (exact) mass is 419 g/mol. The zero-order valence-corrected chi connectivity index (χ0v) is 18.4. The minimum atomic E-state index is -0.767. The number of anilines is 1. The molecule has 0 spiro atoms. The Hall–Kier alpha value is -2.08. The van der Waals surface area contributed by atoms with Crippen molar-refractivity contribution in [3.05, 3.63) is 28.8 Å². The Bertz CT molecular complexity index is 826. The molecule has 158 valence electrons. The van der Waals surface area contributed by atoms with E-state index in [0.717, 1.165) is 22.8 Å². The fourth-order valence-corrected chi connectivity index (χ4v) is 4.55. The van der Waals surface area contributed by atoms with Crippen LogP contribution in [0.3, 0.4) is 0 Å². The summed E-state index contributed by atoms with van der Waals surface area (Å²) in [5.74, 6) is -0.126. The summed E-state index contributed by atoms with van der Waals surface area (Å²) in [6.45, 7) is 10.2. The van der Waals surface area contributed by atoms with Crippen molar-refractivity contribution >= 4 is 35.0 Å². The Balaban J connectivity index is 1.60. The van der Waals surface area contributed by atoms with Gasteiger partial charge < -0.3 is 9.80 Å². The fourth-order valence-electron chi connectivity index (χ4n) is 4.22. The molecule has 2 aliphatic heterocycles. The molecule has 3 rings (SSSR count). The Kier molecular flexibility index (Phi) is 6.22. The predicted octanol–water partition coefficient (Wildman–Crippen LogP) is 3.33. The minimum absolute atomic E-state index is 0.0452. The van der Waals surface area contributed by atoms with Gasteiger partial charge in [-0.1, -0.05) is 32.4 Å². The third kappa shape index (κ3) is 4.58. The van der Waals surface area contributed by atoms with E-state index in [2.05, 4.69) is 37.1 Å². The molecule has 6 nitrogen and oxygen atoms in total. The summed E-state index contributed by atoms with van der Waals surface area (Å²) in [6.07, 6.45) is 0.841. The molecule has 7 heteroatoms. The van der Waals surface area contributed by atoms with Crippen molar-refractivity contribution in [2.75, 3.05) is 24.5 Å². The summed E-state index contributed by atoms with van der Waals surface area (Å²) in [5, 5.41) is 3.12. The lowest BCUT2D eigenvalue weighted by Gasteiger charge is -2.41. The molecular weight excluding hydrogens is 390 g/mol. The summed E-state index contributed by atoms with van der Waals surface area (Å²) in [4.78, 5) is 40.4. The van der Waals surface area contributed by atoms with Gasteiger partial charge in [0.05, 0.1) is 5.41 Å². The van der Waals surface area contributed by atoms with Crippen molar-refractivity contribution in [3.8, 4) is 0 Å². The van der Waals surface area contributed by atoms with E-state index in [0.29, 0.717) is 25.4 Å². The summed E-state index contributed by atoms with van der Waals surface area (Å²) in [6, 6.07) is 6.32. The molecule has 1 aromatic carbocycles. The highest BCUT2D eigenvalue weighted by atomic mass is 35.5. The molecule has 0 aromatic heterocycles. The lowest BCUT2D eigenvalue weighted by atomic mass is 9.83. The van der Waals surface area contributed by atoms with E-state index in [-0.39, 0.29) is 36.6 Å². The number of amides is 3. The first-order chi connectivity index (χ1) is 13.6. The van der Waals surface area contributed by atoms with Crippen LogP contribution in [0.15, 0.2) is 18.2 Å². The topological polar surface area (TPSA) is 69.7 Å². The van der Waals surface area contributed by atoms with Gasteiger partial charge in [-0.05, 0) is 43.0 Å². The number of benzene rings is 1. The molecule has 2 aliphatic rings. The highest BCUT2D eigenvalue weighted by Gasteiger charge is 2.42. The third-order valence-corrected chi connectivity index (χ3v) is 6.50. The van der Waals surface area contributed by atoms with Gasteiger partial charge in [0.15, 0.2) is 0 Å². The Morgan fingerprint density at radius 2 is 2.03 bits per heavy atom. The molecule has 0 radical (unpaired) electrons. The number of hydrogen-bond donors (Lipinski definition) is 1. The van der Waals surface area contributed by atoms with Crippen LogP contribution in [0.5, 0.6) is 0 Å². The zero-order chi connectivity index (χ0) is 21.3. The average Bonchev–Trinajstić information content (AvgIpc) is 2.92. The SMILES string of the molecule is CC(C)c1cc(N2CCN(C(=O)CC[C@@]3(C)CC(=O)NC3=O)C[C@@H]2C)ccc1Cl. The first-order valence-corrected chi connectivity index (χ1v) is 10.7. The van der Waals surface area contributed by atoms with Gasteiger partial charge in [0.2, 0.25) is 17.7 Å². The van der Waals surface area contributed by atoms with Crippen LogP contribution in [0.2, 0.25) is 5.02 Å². The van der Waals surface area contributed by atoms with E-state index in [1.165, 1.54) is 0 Å². The number of halogens is 1. The third-order valence-electron chi connectivity index (χ3n) is 6.16. The van der Waals surface area contributed by atoms with Crippen LogP contribution < -0.4 is 10.2 Å². The van der Waals surface area contributed by atoms with Gasteiger partial charge in [0.1, 0.15) is 0 Å². The van der Waals surface area contributed by atoms with Gasteiger partial charge in [-0.3, -0.25) is 19.7 Å². The summed E-state index contributed by atoms with van der Waals surface area (Å²) < 4.78 is 0. The van der Waals surface area contributed by atoms with Gasteiger partial charge in [-0.25, -0.2) is 0 Å². The number of imide groups is 1. The fraction of sp³-hybridized carbons (Fsp3) is 0.591. The lowest BCUT2D eigenvalue weighted by Crippen LogP contribution is -2.54. The molecule has 29 heavy (non-hydrogen) atoms. The first kappa shape index (κ1) is 21.6. The molecule has 0 aliphatic carbocycles. The van der Waals surface area contributed by atoms with Crippen molar-refractivity contribution in [2.24, 2.45) is 5.41 Å². The van der Waals surface area contributed by atoms with Crippen molar-refractivity contribution in [1.29, 1.82) is 0 Å². The maximum absolute atomic E-state index is 12.7. The Labute approximate surface area is 177 Å². The average molecular weight is 420 g/mol. The van der Waals surface area contributed by atoms with Crippen molar-refractivity contribution < 1.29 is 14.4 Å². The highest BCUT2D eigenvalue weighted by molar-refractivity contribution is 6.31. The number of rotatable bonds is 5. The van der Waals surface area contributed by atoms with Crippen LogP contribution in [0, 0.1) is 5.41 Å². The summed E-state index contributed by atoms with van der Waals surface area (Å²) >= 11 is 6.33. The maximum Gasteiger partial charge on any atom is 0.233 e. The van der Waals surface area contributed by atoms with E-state index in [4.69, 9.17) is 11.6 Å². The molecule has 2 fully saturated rings. The van der Waals surface area contributed by atoms with Gasteiger partial charge in [0.25, 0.3) is 0 Å². The number of hydrogen-bond acceptors (Lipinski definition) is 4. The van der Waals surface area contributed by atoms with Crippen LogP contribution in [-0.4, -0.2) is 48.3 Å². The van der Waals surface area contributed by atoms with Crippen LogP contribution in [0.4, 0.5) is 5.69 Å². The van der Waals surface area contributed by atoms with Crippen LogP contribution in [0.25, 0.3) is 0 Å². The molecule has 1 N–H and O–H groups in total. The second-order valence-corrected chi connectivity index (χ2v) is 9.26. The number of carbonyl (C=O) groups excluding carboxylic acids is 3. The molecule has 1 aromatic rings. The predicted molar refractivity (Wildman–Crippen MR) is 114 cm³/mol. The van der Waals surface area contributed by atoms with Gasteiger partial charge >= 0.3 is 0 Å². The largest absolute Gasteiger partial charge is 0.365 e. The van der Waals surface area contributed by atoms with Crippen molar-refractivity contribution in [3.63, 3.8) is 0 Å². The molecule has 0 unspecified atom stereocenters. The molecule has 2 saturated heterocycles. The van der Waals surface area contributed by atoms with Crippen molar-refractivity contribution in [1.82, 2.24) is 10.2 Å². The van der Waals surface area contributed by atoms with E-state index < -0.39 is 5.41 Å². The molecule has 0 saturated carbocycles. The molecule has 3 amide bonds. The van der Waals surface area contributed by atoms with Crippen LogP contribution in [-0.2, 0) is 14.4 Å². The van der Waals surface area contributed by atoms with Gasteiger partial charge in [0, 0.05) is 49.2 Å². The normalized spacial score (nSPS) is 25.0. The van der Waals surface area contributed by atoms with Crippen molar-refractivity contribution in [2.45, 2.75) is 58.9 Å². The number of nitrogens with zero attached hydrogens (tertiary/aromatic N) is 2. The standard InChI is InChI=1S/C22H30ClN3O3/c1-14(2)17-11-16(5-6-18(17)23)26-10-9-25(13-15(26)3)20(28)7-8-22(4)12-19(27)24-21(22)29/h5-6,11,14-15H,7-10,12-13H2,1-4H3,(H,24,27,29)/t15-,22-/m0/s1. The van der Waals surface area contributed by atoms with E-state index >= 15 is 0 Å². The van der Waals surface area contributed by atoms with Crippen LogP contribution in [0.1, 0.15) is 58.4 Å². The first-order valence-electron chi connectivity index (χ1n) is 10.3. The number of piperazine rings is 1. The summed E-state index contributed by atoms with van der Waals surface area (Å²) in [5.41, 5.74) is 1.50. The molecule has 0 bridgehead atoms. The Morgan fingerprint density at radius 3 is 2.62 bits per heavy atom. The second kappa shape index (κ2) is 8.34. The highest BCUT2D eigenvalue weighted by Crippen LogP contribution is 2.33. The lowest BCUT2D eigenvalue weighted by molar-refractivity contribution is -0.133. The van der Waals surface area contributed by atoms with E-state index in [9.17, 15) is 14.4 Å². The number of carbonyl (C=O) groups is 3. The van der Waals surface area contributed by atoms with Gasteiger partial charge in [-0.15, -0.1) is 0 Å². The van der Waals surface area contributed by atoms with Gasteiger partial charge in [-0.2, -0.15) is 0 Å². The molecule has 2 heterocycles. The second-order valence-electron chi connectivity index (χ2n) is 8.86. The molecule has 2 atom stereocenters. The minimum Gasteiger partial charge on any atom is -0.365 e. The van der Waals surface area contributed by atoms with E-state index in [1.54, 1.807) is 6.92 Å². The summed E-state index contributed by atoms with van der Waals surface area (Å²) in [7, 11) is 0. The van der Waals surface area contributed by atoms with E-state index in [1.807, 2.05) is 17.0 Å². The zero-order valence-electron chi connectivity index (χ0n) is 17.6. The quantitative estimate of drug-likeness (QED) is 0.743.